The third-order valence-corrected chi connectivity index (χ3v) is 5.50. The van der Waals surface area contributed by atoms with E-state index in [4.69, 9.17) is 4.74 Å². The van der Waals surface area contributed by atoms with Crippen LogP contribution in [0.2, 0.25) is 0 Å². The first-order chi connectivity index (χ1) is 13.5. The van der Waals surface area contributed by atoms with Crippen molar-refractivity contribution in [3.8, 4) is 5.75 Å². The molecule has 0 amide bonds. The standard InChI is InChI=1S/C22H33N3O3/c1-17-19(14-24(2)23-17)15-25-12-7-3-4-8-18-9-5-6-10-22(18)28-16-21(27)20(26)11-13-25/h5-6,9-10,14,20-21,26-27H,3-4,7-8,11-13,15-16H2,1-2H3/t20-,21+/m0/s1. The summed E-state index contributed by atoms with van der Waals surface area (Å²) in [7, 11) is 1.94. The van der Waals surface area contributed by atoms with Crippen LogP contribution >= 0.6 is 0 Å². The molecule has 2 atom stereocenters. The molecule has 0 unspecified atom stereocenters. The molecule has 1 aromatic carbocycles. The molecular weight excluding hydrogens is 354 g/mol. The Bertz CT molecular complexity index is 746. The Morgan fingerprint density at radius 3 is 2.71 bits per heavy atom. The van der Waals surface area contributed by atoms with Crippen molar-refractivity contribution in [3.63, 3.8) is 0 Å². The van der Waals surface area contributed by atoms with Crippen LogP contribution in [0.15, 0.2) is 30.5 Å². The Hall–Kier alpha value is -1.89. The Morgan fingerprint density at radius 2 is 1.93 bits per heavy atom. The average molecular weight is 388 g/mol. The lowest BCUT2D eigenvalue weighted by Crippen LogP contribution is -2.36. The average Bonchev–Trinajstić information content (AvgIpc) is 3.00. The predicted molar refractivity (Wildman–Crippen MR) is 109 cm³/mol. The van der Waals surface area contributed by atoms with Gasteiger partial charge >= 0.3 is 0 Å². The Labute approximate surface area is 167 Å². The summed E-state index contributed by atoms with van der Waals surface area (Å²) < 4.78 is 7.67. The van der Waals surface area contributed by atoms with Crippen molar-refractivity contribution in [2.45, 2.75) is 57.8 Å². The molecule has 28 heavy (non-hydrogen) atoms. The van der Waals surface area contributed by atoms with Crippen molar-refractivity contribution >= 4 is 0 Å². The van der Waals surface area contributed by atoms with Crippen LogP contribution in [0.4, 0.5) is 0 Å². The summed E-state index contributed by atoms with van der Waals surface area (Å²) in [6, 6.07) is 8.00. The molecule has 0 spiro atoms. The van der Waals surface area contributed by atoms with E-state index in [2.05, 4.69) is 22.3 Å². The molecule has 1 aliphatic heterocycles. The van der Waals surface area contributed by atoms with Gasteiger partial charge in [0.2, 0.25) is 0 Å². The molecule has 6 nitrogen and oxygen atoms in total. The number of aromatic nitrogens is 2. The number of fused-ring (bicyclic) bond motifs is 1. The van der Waals surface area contributed by atoms with Gasteiger partial charge in [-0.1, -0.05) is 24.6 Å². The first-order valence-corrected chi connectivity index (χ1v) is 10.3. The maximum atomic E-state index is 10.4. The maximum absolute atomic E-state index is 10.4. The molecule has 2 N–H and O–H groups in total. The monoisotopic (exact) mass is 387 g/mol. The van der Waals surface area contributed by atoms with E-state index in [1.165, 1.54) is 11.1 Å². The highest BCUT2D eigenvalue weighted by molar-refractivity contribution is 5.33. The Kier molecular flexibility index (Phi) is 7.48. The minimum Gasteiger partial charge on any atom is -0.491 e. The van der Waals surface area contributed by atoms with Gasteiger partial charge in [-0.15, -0.1) is 0 Å². The fraction of sp³-hybridized carbons (Fsp3) is 0.591. The van der Waals surface area contributed by atoms with Crippen LogP contribution in [0.1, 0.15) is 42.5 Å². The molecule has 0 fully saturated rings. The first kappa shape index (κ1) is 20.8. The Balaban J connectivity index is 1.66. The molecule has 0 saturated heterocycles. The van der Waals surface area contributed by atoms with Crippen molar-refractivity contribution in [1.82, 2.24) is 14.7 Å². The molecule has 0 aliphatic carbocycles. The summed E-state index contributed by atoms with van der Waals surface area (Å²) in [5.41, 5.74) is 3.44. The van der Waals surface area contributed by atoms with E-state index >= 15 is 0 Å². The quantitative estimate of drug-likeness (QED) is 0.828. The number of ether oxygens (including phenoxy) is 1. The molecule has 1 aromatic heterocycles. The third-order valence-electron chi connectivity index (χ3n) is 5.50. The summed E-state index contributed by atoms with van der Waals surface area (Å²) >= 11 is 0. The second-order valence-electron chi connectivity index (χ2n) is 7.84. The molecular formula is C22H33N3O3. The van der Waals surface area contributed by atoms with Crippen LogP contribution in [0, 0.1) is 6.92 Å². The van der Waals surface area contributed by atoms with E-state index in [1.807, 2.05) is 36.9 Å². The zero-order chi connectivity index (χ0) is 19.9. The second-order valence-corrected chi connectivity index (χ2v) is 7.84. The lowest BCUT2D eigenvalue weighted by molar-refractivity contribution is -0.0163. The number of hydrogen-bond acceptors (Lipinski definition) is 5. The van der Waals surface area contributed by atoms with Gasteiger partial charge in [0.05, 0.1) is 11.8 Å². The molecule has 154 valence electrons. The SMILES string of the molecule is Cc1nn(C)cc1CN1CCCCCc2ccccc2OC[C@@H](O)[C@@H](O)CC1. The molecule has 0 bridgehead atoms. The van der Waals surface area contributed by atoms with Crippen LogP contribution < -0.4 is 4.74 Å². The number of aliphatic hydroxyl groups is 2. The van der Waals surface area contributed by atoms with Gasteiger partial charge in [-0.05, 0) is 50.8 Å². The third kappa shape index (κ3) is 5.80. The van der Waals surface area contributed by atoms with E-state index in [9.17, 15) is 10.2 Å². The molecule has 0 saturated carbocycles. The van der Waals surface area contributed by atoms with Crippen LogP contribution in [0.3, 0.4) is 0 Å². The molecule has 2 heterocycles. The zero-order valence-corrected chi connectivity index (χ0v) is 17.0. The van der Waals surface area contributed by atoms with E-state index in [0.717, 1.165) is 56.8 Å². The van der Waals surface area contributed by atoms with Gasteiger partial charge in [-0.25, -0.2) is 0 Å². The van der Waals surface area contributed by atoms with Crippen molar-refractivity contribution in [1.29, 1.82) is 0 Å². The second kappa shape index (κ2) is 10.0. The molecule has 2 aromatic rings. The van der Waals surface area contributed by atoms with E-state index < -0.39 is 12.2 Å². The number of nitrogens with zero attached hydrogens (tertiary/aromatic N) is 3. The van der Waals surface area contributed by atoms with E-state index in [1.54, 1.807) is 0 Å². The number of benzene rings is 1. The fourth-order valence-corrected chi connectivity index (χ4v) is 3.79. The largest absolute Gasteiger partial charge is 0.491 e. The number of aryl methyl sites for hydroxylation is 3. The summed E-state index contributed by atoms with van der Waals surface area (Å²) in [6.07, 6.45) is 5.25. The molecule has 1 aliphatic rings. The van der Waals surface area contributed by atoms with Gasteiger partial charge in [0.15, 0.2) is 0 Å². The minimum absolute atomic E-state index is 0.111. The maximum Gasteiger partial charge on any atom is 0.122 e. The van der Waals surface area contributed by atoms with E-state index in [-0.39, 0.29) is 6.61 Å². The van der Waals surface area contributed by atoms with Crippen LogP contribution in [0.5, 0.6) is 5.75 Å². The topological polar surface area (TPSA) is 70.8 Å². The van der Waals surface area contributed by atoms with Crippen molar-refractivity contribution in [2.75, 3.05) is 19.7 Å². The lowest BCUT2D eigenvalue weighted by Gasteiger charge is -2.26. The molecule has 6 heteroatoms. The van der Waals surface area contributed by atoms with Gasteiger partial charge in [0.1, 0.15) is 18.5 Å². The van der Waals surface area contributed by atoms with Crippen LogP contribution in [0.25, 0.3) is 0 Å². The molecule has 3 rings (SSSR count). The predicted octanol–water partition coefficient (Wildman–Crippen LogP) is 2.45. The van der Waals surface area contributed by atoms with Crippen molar-refractivity contribution < 1.29 is 14.9 Å². The Morgan fingerprint density at radius 1 is 1.11 bits per heavy atom. The number of rotatable bonds is 2. The summed E-state index contributed by atoms with van der Waals surface area (Å²) in [4.78, 5) is 2.36. The smallest absolute Gasteiger partial charge is 0.122 e. The number of para-hydroxylation sites is 1. The summed E-state index contributed by atoms with van der Waals surface area (Å²) in [5, 5.41) is 25.2. The number of aliphatic hydroxyl groups excluding tert-OH is 2. The highest BCUT2D eigenvalue weighted by atomic mass is 16.5. The lowest BCUT2D eigenvalue weighted by atomic mass is 10.0. The van der Waals surface area contributed by atoms with Crippen LogP contribution in [-0.2, 0) is 20.0 Å². The molecule has 0 radical (unpaired) electrons. The normalized spacial score (nSPS) is 22.9. The van der Waals surface area contributed by atoms with Crippen LogP contribution in [-0.4, -0.2) is 56.8 Å². The minimum atomic E-state index is -0.891. The van der Waals surface area contributed by atoms with Gasteiger partial charge in [0, 0.05) is 31.9 Å². The van der Waals surface area contributed by atoms with Crippen molar-refractivity contribution in [2.24, 2.45) is 7.05 Å². The van der Waals surface area contributed by atoms with Gasteiger partial charge in [-0.3, -0.25) is 9.58 Å². The summed E-state index contributed by atoms with van der Waals surface area (Å²) in [6.45, 7) is 4.69. The van der Waals surface area contributed by atoms with Crippen molar-refractivity contribution in [3.05, 3.63) is 47.3 Å². The fourth-order valence-electron chi connectivity index (χ4n) is 3.79. The first-order valence-electron chi connectivity index (χ1n) is 10.3. The highest BCUT2D eigenvalue weighted by Crippen LogP contribution is 2.22. The zero-order valence-electron chi connectivity index (χ0n) is 17.0. The van der Waals surface area contributed by atoms with Gasteiger partial charge in [0.25, 0.3) is 0 Å². The number of hydrogen-bond donors (Lipinski definition) is 2. The van der Waals surface area contributed by atoms with Gasteiger partial charge < -0.3 is 14.9 Å². The van der Waals surface area contributed by atoms with Gasteiger partial charge in [-0.2, -0.15) is 5.10 Å². The highest BCUT2D eigenvalue weighted by Gasteiger charge is 2.20. The van der Waals surface area contributed by atoms with E-state index in [0.29, 0.717) is 6.42 Å². The summed E-state index contributed by atoms with van der Waals surface area (Å²) in [5.74, 6) is 0.819.